The van der Waals surface area contributed by atoms with Crippen LogP contribution in [0.4, 0.5) is 0 Å². The molecule has 2 N–H and O–H groups in total. The zero-order chi connectivity index (χ0) is 14.5. The predicted octanol–water partition coefficient (Wildman–Crippen LogP) is 3.31. The largest absolute Gasteiger partial charge is 0.491 e. The van der Waals surface area contributed by atoms with Gasteiger partial charge in [-0.15, -0.1) is 12.4 Å². The Morgan fingerprint density at radius 1 is 1.30 bits per heavy atom. The van der Waals surface area contributed by atoms with Crippen LogP contribution < -0.4 is 10.5 Å². The Morgan fingerprint density at radius 3 is 2.50 bits per heavy atom. The molecule has 0 heterocycles. The average molecular weight is 301 g/mol. The van der Waals surface area contributed by atoms with Crippen molar-refractivity contribution in [2.75, 3.05) is 20.1 Å². The van der Waals surface area contributed by atoms with E-state index in [0.717, 1.165) is 18.8 Å². The van der Waals surface area contributed by atoms with Gasteiger partial charge >= 0.3 is 0 Å². The van der Waals surface area contributed by atoms with E-state index in [0.29, 0.717) is 6.54 Å². The highest BCUT2D eigenvalue weighted by atomic mass is 35.5. The van der Waals surface area contributed by atoms with Gasteiger partial charge in [0.25, 0.3) is 0 Å². The Hall–Kier alpha value is -0.770. The van der Waals surface area contributed by atoms with Gasteiger partial charge in [-0.1, -0.05) is 26.0 Å². The monoisotopic (exact) mass is 300 g/mol. The molecular formula is C16H29ClN2O. The molecule has 0 unspecified atom stereocenters. The van der Waals surface area contributed by atoms with Crippen molar-refractivity contribution < 1.29 is 4.74 Å². The minimum absolute atomic E-state index is 0. The fourth-order valence-corrected chi connectivity index (χ4v) is 2.15. The van der Waals surface area contributed by atoms with Crippen LogP contribution in [0.1, 0.15) is 33.3 Å². The van der Waals surface area contributed by atoms with Gasteiger partial charge in [0.1, 0.15) is 5.75 Å². The highest BCUT2D eigenvalue weighted by Crippen LogP contribution is 2.18. The van der Waals surface area contributed by atoms with Crippen LogP contribution in [0, 0.1) is 5.41 Å². The van der Waals surface area contributed by atoms with Gasteiger partial charge in [0.15, 0.2) is 0 Å². The summed E-state index contributed by atoms with van der Waals surface area (Å²) in [4.78, 5) is 2.31. The summed E-state index contributed by atoms with van der Waals surface area (Å²) >= 11 is 0. The molecule has 1 aromatic rings. The van der Waals surface area contributed by atoms with Crippen LogP contribution in [-0.2, 0) is 6.54 Å². The normalized spacial score (nSPS) is 11.6. The number of rotatable bonds is 7. The molecule has 0 fully saturated rings. The average Bonchev–Trinajstić information content (AvgIpc) is 2.27. The quantitative estimate of drug-likeness (QED) is 0.839. The Labute approximate surface area is 129 Å². The summed E-state index contributed by atoms with van der Waals surface area (Å²) < 4.78 is 5.72. The molecule has 0 spiro atoms. The molecule has 0 aliphatic heterocycles. The molecule has 0 amide bonds. The van der Waals surface area contributed by atoms with Crippen LogP contribution >= 0.6 is 12.4 Å². The van der Waals surface area contributed by atoms with Crippen LogP contribution in [0.2, 0.25) is 0 Å². The van der Waals surface area contributed by atoms with Gasteiger partial charge < -0.3 is 15.4 Å². The number of hydrogen-bond donors (Lipinski definition) is 1. The van der Waals surface area contributed by atoms with Crippen molar-refractivity contribution in [3.05, 3.63) is 29.8 Å². The molecule has 0 bridgehead atoms. The maximum Gasteiger partial charge on any atom is 0.120 e. The van der Waals surface area contributed by atoms with Crippen molar-refractivity contribution in [1.29, 1.82) is 0 Å². The number of nitrogens with zero attached hydrogens (tertiary/aromatic N) is 1. The van der Waals surface area contributed by atoms with E-state index in [1.54, 1.807) is 0 Å². The van der Waals surface area contributed by atoms with Crippen molar-refractivity contribution in [3.8, 4) is 5.75 Å². The molecule has 1 aromatic carbocycles. The molecule has 0 saturated heterocycles. The standard InChI is InChI=1S/C16H28N2O.ClH/c1-13(2)19-15-8-6-7-14(9-15)10-18(5)12-16(3,4)11-17;/h6-9,13H,10-12,17H2,1-5H3;1H. The molecule has 0 aliphatic rings. The molecule has 0 radical (unpaired) electrons. The van der Waals surface area contributed by atoms with Gasteiger partial charge in [-0.05, 0) is 50.6 Å². The fourth-order valence-electron chi connectivity index (χ4n) is 2.15. The van der Waals surface area contributed by atoms with Crippen LogP contribution in [0.25, 0.3) is 0 Å². The van der Waals surface area contributed by atoms with E-state index in [-0.39, 0.29) is 23.9 Å². The number of ether oxygens (including phenoxy) is 1. The van der Waals surface area contributed by atoms with E-state index >= 15 is 0 Å². The zero-order valence-corrected chi connectivity index (χ0v) is 14.2. The Kier molecular flexibility index (Phi) is 8.17. The first-order valence-corrected chi connectivity index (χ1v) is 6.96. The van der Waals surface area contributed by atoms with E-state index in [1.807, 2.05) is 19.9 Å². The summed E-state index contributed by atoms with van der Waals surface area (Å²) in [7, 11) is 2.13. The number of nitrogens with two attached hydrogens (primary N) is 1. The maximum atomic E-state index is 5.78. The molecular weight excluding hydrogens is 272 g/mol. The van der Waals surface area contributed by atoms with E-state index in [1.165, 1.54) is 5.56 Å². The van der Waals surface area contributed by atoms with Gasteiger partial charge in [-0.3, -0.25) is 0 Å². The predicted molar refractivity (Wildman–Crippen MR) is 88.6 cm³/mol. The maximum absolute atomic E-state index is 5.78. The molecule has 0 aromatic heterocycles. The Balaban J connectivity index is 0.00000361. The van der Waals surface area contributed by atoms with Crippen molar-refractivity contribution in [2.24, 2.45) is 11.1 Å². The number of benzene rings is 1. The van der Waals surface area contributed by atoms with Crippen molar-refractivity contribution in [2.45, 2.75) is 40.3 Å². The second-order valence-corrected chi connectivity index (χ2v) is 6.35. The highest BCUT2D eigenvalue weighted by Gasteiger charge is 2.18. The second-order valence-electron chi connectivity index (χ2n) is 6.35. The molecule has 0 saturated carbocycles. The third kappa shape index (κ3) is 7.13. The zero-order valence-electron chi connectivity index (χ0n) is 13.3. The summed E-state index contributed by atoms with van der Waals surface area (Å²) in [5.41, 5.74) is 7.21. The minimum atomic E-state index is 0. The van der Waals surface area contributed by atoms with E-state index in [4.69, 9.17) is 10.5 Å². The van der Waals surface area contributed by atoms with Crippen molar-refractivity contribution in [1.82, 2.24) is 4.90 Å². The first-order chi connectivity index (χ1) is 8.82. The summed E-state index contributed by atoms with van der Waals surface area (Å²) in [5, 5.41) is 0. The van der Waals surface area contributed by atoms with Gasteiger partial charge in [-0.25, -0.2) is 0 Å². The lowest BCUT2D eigenvalue weighted by atomic mass is 9.93. The Morgan fingerprint density at radius 2 is 1.95 bits per heavy atom. The van der Waals surface area contributed by atoms with Gasteiger partial charge in [0.2, 0.25) is 0 Å². The lowest BCUT2D eigenvalue weighted by Gasteiger charge is -2.29. The lowest BCUT2D eigenvalue weighted by molar-refractivity contribution is 0.209. The van der Waals surface area contributed by atoms with Crippen LogP contribution in [0.5, 0.6) is 5.75 Å². The van der Waals surface area contributed by atoms with Crippen LogP contribution in [0.15, 0.2) is 24.3 Å². The lowest BCUT2D eigenvalue weighted by Crippen LogP contribution is -2.36. The molecule has 0 atom stereocenters. The highest BCUT2D eigenvalue weighted by molar-refractivity contribution is 5.85. The summed E-state index contributed by atoms with van der Waals surface area (Å²) in [6.45, 7) is 11.1. The van der Waals surface area contributed by atoms with Crippen LogP contribution in [0.3, 0.4) is 0 Å². The molecule has 3 nitrogen and oxygen atoms in total. The molecule has 4 heteroatoms. The van der Waals surface area contributed by atoms with Crippen molar-refractivity contribution in [3.63, 3.8) is 0 Å². The van der Waals surface area contributed by atoms with Crippen LogP contribution in [-0.4, -0.2) is 31.1 Å². The summed E-state index contributed by atoms with van der Waals surface area (Å²) in [6, 6.07) is 8.31. The molecule has 0 aliphatic carbocycles. The minimum Gasteiger partial charge on any atom is -0.491 e. The third-order valence-electron chi connectivity index (χ3n) is 2.97. The topological polar surface area (TPSA) is 38.5 Å². The van der Waals surface area contributed by atoms with E-state index in [2.05, 4.69) is 44.0 Å². The second kappa shape index (κ2) is 8.50. The number of hydrogen-bond acceptors (Lipinski definition) is 3. The SMILES string of the molecule is CC(C)Oc1cccc(CN(C)CC(C)(C)CN)c1.Cl. The van der Waals surface area contributed by atoms with E-state index in [9.17, 15) is 0 Å². The van der Waals surface area contributed by atoms with Crippen molar-refractivity contribution >= 4 is 12.4 Å². The first kappa shape index (κ1) is 19.2. The van der Waals surface area contributed by atoms with Gasteiger partial charge in [0.05, 0.1) is 6.10 Å². The third-order valence-corrected chi connectivity index (χ3v) is 2.97. The smallest absolute Gasteiger partial charge is 0.120 e. The summed E-state index contributed by atoms with van der Waals surface area (Å²) in [5.74, 6) is 0.944. The fraction of sp³-hybridized carbons (Fsp3) is 0.625. The molecule has 1 rings (SSSR count). The summed E-state index contributed by atoms with van der Waals surface area (Å²) in [6.07, 6.45) is 0.212. The van der Waals surface area contributed by atoms with Gasteiger partial charge in [0, 0.05) is 13.1 Å². The first-order valence-electron chi connectivity index (χ1n) is 6.96. The molecule has 20 heavy (non-hydrogen) atoms. The number of halogens is 1. The Bertz CT molecular complexity index is 394. The van der Waals surface area contributed by atoms with Gasteiger partial charge in [-0.2, -0.15) is 0 Å². The van der Waals surface area contributed by atoms with E-state index < -0.39 is 0 Å². The molecule has 116 valence electrons.